The van der Waals surface area contributed by atoms with Crippen LogP contribution in [0.25, 0.3) is 10.9 Å². The minimum atomic E-state index is -0.985. The van der Waals surface area contributed by atoms with Crippen molar-refractivity contribution in [1.29, 1.82) is 0 Å². The molecule has 1 fully saturated rings. The molecule has 3 rings (SSSR count). The number of H-pyrrole nitrogens is 1. The second-order valence-corrected chi connectivity index (χ2v) is 7.38. The van der Waals surface area contributed by atoms with E-state index < -0.39 is 11.7 Å². The summed E-state index contributed by atoms with van der Waals surface area (Å²) in [5.41, 5.74) is -0.335. The van der Waals surface area contributed by atoms with Crippen molar-refractivity contribution >= 4 is 22.8 Å². The fourth-order valence-corrected chi connectivity index (χ4v) is 3.75. The number of hydrogen-bond acceptors (Lipinski definition) is 5. The van der Waals surface area contributed by atoms with Crippen LogP contribution in [0.2, 0.25) is 0 Å². The summed E-state index contributed by atoms with van der Waals surface area (Å²) >= 11 is 0. The molecule has 1 aromatic carbocycles. The molecule has 1 aromatic heterocycles. The van der Waals surface area contributed by atoms with Crippen LogP contribution < -0.4 is 21.7 Å². The maximum absolute atomic E-state index is 12.4. The van der Waals surface area contributed by atoms with E-state index in [9.17, 15) is 24.3 Å². The third-order valence-electron chi connectivity index (χ3n) is 5.44. The predicted octanol–water partition coefficient (Wildman–Crippen LogP) is 0.143. The van der Waals surface area contributed by atoms with Crippen LogP contribution in [0.15, 0.2) is 33.9 Å². The first-order chi connectivity index (χ1) is 13.5. The lowest BCUT2D eigenvalue weighted by Crippen LogP contribution is -2.37. The maximum atomic E-state index is 12.4. The molecule has 8 heteroatoms. The topological polar surface area (TPSA) is 124 Å². The van der Waals surface area contributed by atoms with Gasteiger partial charge >= 0.3 is 5.69 Å². The highest BCUT2D eigenvalue weighted by atomic mass is 16.4. The van der Waals surface area contributed by atoms with E-state index in [4.69, 9.17) is 0 Å². The van der Waals surface area contributed by atoms with Gasteiger partial charge in [-0.3, -0.25) is 14.2 Å². The van der Waals surface area contributed by atoms with Gasteiger partial charge in [-0.1, -0.05) is 12.1 Å². The number of amides is 1. The number of benzene rings is 1. The predicted molar refractivity (Wildman–Crippen MR) is 102 cm³/mol. The fourth-order valence-electron chi connectivity index (χ4n) is 3.75. The standard InChI is InChI=1S/C20H25N3O5/c24-17(21-12-13-7-9-14(10-8-13)19(26)27)6-3-11-23-18(25)15-4-1-2-5-16(15)22-20(23)28/h1-2,4-5,13-14H,3,6-12H2,(H,21,24)(H,22,28)(H,26,27)/p-1. The van der Waals surface area contributed by atoms with Gasteiger partial charge in [0, 0.05) is 25.5 Å². The van der Waals surface area contributed by atoms with Crippen LogP contribution in [0.3, 0.4) is 0 Å². The number of aromatic amines is 1. The van der Waals surface area contributed by atoms with Crippen LogP contribution in [-0.4, -0.2) is 28.0 Å². The van der Waals surface area contributed by atoms with Crippen LogP contribution in [0.1, 0.15) is 38.5 Å². The molecule has 0 saturated heterocycles. The number of hydrogen-bond donors (Lipinski definition) is 2. The maximum Gasteiger partial charge on any atom is 0.328 e. The van der Waals surface area contributed by atoms with E-state index >= 15 is 0 Å². The van der Waals surface area contributed by atoms with Crippen LogP contribution in [0.4, 0.5) is 0 Å². The molecule has 0 bridgehead atoms. The zero-order valence-corrected chi connectivity index (χ0v) is 15.6. The quantitative estimate of drug-likeness (QED) is 0.701. The van der Waals surface area contributed by atoms with Crippen molar-refractivity contribution in [3.05, 3.63) is 45.1 Å². The van der Waals surface area contributed by atoms with Crippen LogP contribution in [0.5, 0.6) is 0 Å². The molecule has 150 valence electrons. The second kappa shape index (κ2) is 8.86. The fraction of sp³-hybridized carbons (Fsp3) is 0.500. The number of aromatic nitrogens is 2. The first-order valence-corrected chi connectivity index (χ1v) is 9.65. The number of nitrogens with zero attached hydrogens (tertiary/aromatic N) is 1. The highest BCUT2D eigenvalue weighted by molar-refractivity contribution is 5.77. The lowest BCUT2D eigenvalue weighted by molar-refractivity contribution is -0.312. The minimum absolute atomic E-state index is 0.132. The lowest BCUT2D eigenvalue weighted by Gasteiger charge is -2.29. The Morgan fingerprint density at radius 2 is 1.86 bits per heavy atom. The van der Waals surface area contributed by atoms with Crippen LogP contribution in [-0.2, 0) is 16.1 Å². The Kier molecular flexibility index (Phi) is 6.28. The number of para-hydroxylation sites is 1. The van der Waals surface area contributed by atoms with Gasteiger partial charge in [-0.25, -0.2) is 4.79 Å². The van der Waals surface area contributed by atoms with E-state index in [0.717, 1.165) is 17.4 Å². The Morgan fingerprint density at radius 1 is 1.14 bits per heavy atom. The molecular weight excluding hydrogens is 362 g/mol. The van der Waals surface area contributed by atoms with Crippen molar-refractivity contribution in [3.63, 3.8) is 0 Å². The summed E-state index contributed by atoms with van der Waals surface area (Å²) < 4.78 is 1.12. The highest BCUT2D eigenvalue weighted by Crippen LogP contribution is 2.27. The number of carbonyl (C=O) groups is 2. The molecule has 2 N–H and O–H groups in total. The van der Waals surface area contributed by atoms with E-state index in [1.165, 1.54) is 0 Å². The smallest absolute Gasteiger partial charge is 0.328 e. The molecule has 1 heterocycles. The molecule has 1 aliphatic rings. The Hall–Kier alpha value is -2.90. The van der Waals surface area contributed by atoms with Crippen molar-refractivity contribution in [2.75, 3.05) is 6.54 Å². The molecule has 1 saturated carbocycles. The summed E-state index contributed by atoms with van der Waals surface area (Å²) in [7, 11) is 0. The number of carbonyl (C=O) groups excluding carboxylic acids is 2. The SMILES string of the molecule is O=C(CCCn1c(=O)[nH]c2ccccc2c1=O)NCC1CCC(C(=O)[O-])CC1. The molecule has 1 amide bonds. The molecule has 2 aromatic rings. The van der Waals surface area contributed by atoms with Crippen molar-refractivity contribution in [2.45, 2.75) is 45.1 Å². The normalized spacial score (nSPS) is 19.4. The van der Waals surface area contributed by atoms with Crippen molar-refractivity contribution in [3.8, 4) is 0 Å². The van der Waals surface area contributed by atoms with E-state index in [-0.39, 0.29) is 36.3 Å². The first kappa shape index (κ1) is 19.9. The van der Waals surface area contributed by atoms with E-state index in [1.54, 1.807) is 24.3 Å². The molecule has 28 heavy (non-hydrogen) atoms. The summed E-state index contributed by atoms with van der Waals surface area (Å²) in [5, 5.41) is 14.2. The van der Waals surface area contributed by atoms with E-state index in [0.29, 0.717) is 36.7 Å². The van der Waals surface area contributed by atoms with Gasteiger partial charge in [0.25, 0.3) is 5.56 Å². The summed E-state index contributed by atoms with van der Waals surface area (Å²) in [5.74, 6) is -1.20. The molecule has 0 aliphatic heterocycles. The lowest BCUT2D eigenvalue weighted by atomic mass is 9.82. The number of rotatable bonds is 7. The summed E-state index contributed by atoms with van der Waals surface area (Å²) in [6.07, 6.45) is 3.31. The van der Waals surface area contributed by atoms with Gasteiger partial charge in [-0.05, 0) is 56.1 Å². The van der Waals surface area contributed by atoms with Gasteiger partial charge in [0.05, 0.1) is 10.9 Å². The Balaban J connectivity index is 1.46. The first-order valence-electron chi connectivity index (χ1n) is 9.65. The average Bonchev–Trinajstić information content (AvgIpc) is 2.69. The zero-order chi connectivity index (χ0) is 20.1. The average molecular weight is 386 g/mol. The third kappa shape index (κ3) is 4.68. The molecule has 0 radical (unpaired) electrons. The van der Waals surface area contributed by atoms with E-state index in [2.05, 4.69) is 10.3 Å². The summed E-state index contributed by atoms with van der Waals surface area (Å²) in [6, 6.07) is 6.82. The number of nitrogens with one attached hydrogen (secondary N) is 2. The van der Waals surface area contributed by atoms with Crippen molar-refractivity contribution in [1.82, 2.24) is 14.9 Å². The van der Waals surface area contributed by atoms with Crippen LogP contribution in [0, 0.1) is 11.8 Å². The summed E-state index contributed by atoms with van der Waals surface area (Å²) in [4.78, 5) is 50.1. The second-order valence-electron chi connectivity index (χ2n) is 7.38. The Morgan fingerprint density at radius 3 is 2.57 bits per heavy atom. The molecule has 8 nitrogen and oxygen atoms in total. The van der Waals surface area contributed by atoms with Gasteiger partial charge in [0.1, 0.15) is 0 Å². The van der Waals surface area contributed by atoms with Gasteiger partial charge in [-0.15, -0.1) is 0 Å². The molecule has 0 spiro atoms. The number of fused-ring (bicyclic) bond motifs is 1. The van der Waals surface area contributed by atoms with Crippen molar-refractivity contribution in [2.24, 2.45) is 11.8 Å². The largest absolute Gasteiger partial charge is 0.550 e. The highest BCUT2D eigenvalue weighted by Gasteiger charge is 2.22. The van der Waals surface area contributed by atoms with Gasteiger partial charge < -0.3 is 20.2 Å². The van der Waals surface area contributed by atoms with Gasteiger partial charge in [-0.2, -0.15) is 0 Å². The Labute approximate surface area is 161 Å². The number of carboxylic acids is 1. The van der Waals surface area contributed by atoms with Gasteiger partial charge in [0.2, 0.25) is 5.91 Å². The molecule has 0 atom stereocenters. The minimum Gasteiger partial charge on any atom is -0.550 e. The van der Waals surface area contributed by atoms with Gasteiger partial charge in [0.15, 0.2) is 0 Å². The Bertz CT molecular complexity index is 970. The molecule has 1 aliphatic carbocycles. The van der Waals surface area contributed by atoms with Crippen LogP contribution >= 0.6 is 0 Å². The van der Waals surface area contributed by atoms with Crippen molar-refractivity contribution < 1.29 is 14.7 Å². The molecular formula is C20H24N3O5-. The number of carboxylic acid groups (broad SMARTS) is 1. The monoisotopic (exact) mass is 386 g/mol. The zero-order valence-electron chi connectivity index (χ0n) is 15.6. The third-order valence-corrected chi connectivity index (χ3v) is 5.44. The number of aliphatic carboxylic acids is 1. The van der Waals surface area contributed by atoms with E-state index in [1.807, 2.05) is 0 Å². The summed E-state index contributed by atoms with van der Waals surface area (Å²) in [6.45, 7) is 0.693. The molecule has 0 unspecified atom stereocenters.